The van der Waals surface area contributed by atoms with Gasteiger partial charge in [0.1, 0.15) is 5.78 Å². The van der Waals surface area contributed by atoms with Gasteiger partial charge in [-0.2, -0.15) is 0 Å². The number of ether oxygens (including phenoxy) is 1. The van der Waals surface area contributed by atoms with Gasteiger partial charge in [0.2, 0.25) is 0 Å². The van der Waals surface area contributed by atoms with Crippen molar-refractivity contribution in [2.45, 2.75) is 52.1 Å². The molecule has 13 heavy (non-hydrogen) atoms. The molecule has 0 aromatic heterocycles. The molecule has 0 amide bonds. The molecule has 0 radical (unpaired) electrons. The first-order valence-electron chi connectivity index (χ1n) is 5.41. The van der Waals surface area contributed by atoms with Crippen molar-refractivity contribution < 1.29 is 9.53 Å². The van der Waals surface area contributed by atoms with E-state index in [9.17, 15) is 4.79 Å². The summed E-state index contributed by atoms with van der Waals surface area (Å²) in [4.78, 5) is 11.2. The van der Waals surface area contributed by atoms with E-state index in [0.29, 0.717) is 17.8 Å². The molecule has 2 atom stereocenters. The monoisotopic (exact) mass is 184 g/mol. The first-order valence-corrected chi connectivity index (χ1v) is 5.41. The van der Waals surface area contributed by atoms with Gasteiger partial charge in [-0.05, 0) is 32.1 Å². The molecule has 0 spiro atoms. The molecule has 0 aliphatic heterocycles. The normalized spacial score (nSPS) is 26.0. The van der Waals surface area contributed by atoms with Crippen molar-refractivity contribution >= 4 is 5.78 Å². The minimum atomic E-state index is 0.314. The highest BCUT2D eigenvalue weighted by atomic mass is 16.5. The summed E-state index contributed by atoms with van der Waals surface area (Å²) in [5.74, 6) is 0.917. The highest BCUT2D eigenvalue weighted by molar-refractivity contribution is 5.79. The molecule has 1 aliphatic rings. The molecule has 2 nitrogen and oxygen atoms in total. The van der Waals surface area contributed by atoms with Crippen LogP contribution in [0.25, 0.3) is 0 Å². The highest BCUT2D eigenvalue weighted by Gasteiger charge is 2.26. The minimum absolute atomic E-state index is 0.314. The van der Waals surface area contributed by atoms with Crippen LogP contribution in [0.15, 0.2) is 0 Å². The lowest BCUT2D eigenvalue weighted by Gasteiger charge is -2.28. The smallest absolute Gasteiger partial charge is 0.133 e. The quantitative estimate of drug-likeness (QED) is 0.671. The standard InChI is InChI=1S/C11H20O2/c1-3-11(13-4-2)9-6-5-7-10(12)8-9/h9,11H,3-8H2,1-2H3. The van der Waals surface area contributed by atoms with Crippen LogP contribution in [0.5, 0.6) is 0 Å². The lowest BCUT2D eigenvalue weighted by Crippen LogP contribution is -2.28. The Labute approximate surface area is 80.7 Å². The van der Waals surface area contributed by atoms with E-state index in [2.05, 4.69) is 6.92 Å². The van der Waals surface area contributed by atoms with Crippen LogP contribution >= 0.6 is 0 Å². The molecule has 2 heteroatoms. The van der Waals surface area contributed by atoms with Crippen LogP contribution < -0.4 is 0 Å². The summed E-state index contributed by atoms with van der Waals surface area (Å²) in [7, 11) is 0. The molecule has 2 unspecified atom stereocenters. The molecular formula is C11H20O2. The average Bonchev–Trinajstić information content (AvgIpc) is 2.14. The van der Waals surface area contributed by atoms with Crippen LogP contribution in [0, 0.1) is 5.92 Å². The molecule has 0 aromatic carbocycles. The van der Waals surface area contributed by atoms with E-state index < -0.39 is 0 Å². The Morgan fingerprint density at radius 1 is 1.54 bits per heavy atom. The summed E-state index contributed by atoms with van der Waals surface area (Å²) in [6.45, 7) is 4.93. The Morgan fingerprint density at radius 2 is 2.31 bits per heavy atom. The molecule has 76 valence electrons. The molecule has 1 rings (SSSR count). The van der Waals surface area contributed by atoms with Gasteiger partial charge in [-0.15, -0.1) is 0 Å². The van der Waals surface area contributed by atoms with E-state index in [1.54, 1.807) is 0 Å². The second-order valence-electron chi connectivity index (χ2n) is 3.80. The summed E-state index contributed by atoms with van der Waals surface area (Å²) in [5.41, 5.74) is 0. The predicted octanol–water partition coefficient (Wildman–Crippen LogP) is 2.56. The topological polar surface area (TPSA) is 26.3 Å². The zero-order valence-electron chi connectivity index (χ0n) is 8.71. The SMILES string of the molecule is CCOC(CC)C1CCCC(=O)C1. The van der Waals surface area contributed by atoms with Gasteiger partial charge in [-0.3, -0.25) is 4.79 Å². The fourth-order valence-corrected chi connectivity index (χ4v) is 2.18. The van der Waals surface area contributed by atoms with Crippen LogP contribution in [-0.4, -0.2) is 18.5 Å². The van der Waals surface area contributed by atoms with Gasteiger partial charge in [-0.25, -0.2) is 0 Å². The number of hydrogen-bond acceptors (Lipinski definition) is 2. The van der Waals surface area contributed by atoms with Gasteiger partial charge in [0.15, 0.2) is 0 Å². The number of rotatable bonds is 4. The third kappa shape index (κ3) is 3.11. The van der Waals surface area contributed by atoms with Crippen molar-refractivity contribution in [1.82, 2.24) is 0 Å². The van der Waals surface area contributed by atoms with E-state index in [1.807, 2.05) is 6.92 Å². The summed E-state index contributed by atoms with van der Waals surface area (Å²) in [5, 5.41) is 0. The predicted molar refractivity (Wildman–Crippen MR) is 52.7 cm³/mol. The van der Waals surface area contributed by atoms with Gasteiger partial charge in [0.05, 0.1) is 6.10 Å². The van der Waals surface area contributed by atoms with Gasteiger partial charge < -0.3 is 4.74 Å². The van der Waals surface area contributed by atoms with Crippen LogP contribution in [0.1, 0.15) is 46.0 Å². The van der Waals surface area contributed by atoms with Crippen molar-refractivity contribution in [2.75, 3.05) is 6.61 Å². The Balaban J connectivity index is 2.42. The van der Waals surface area contributed by atoms with Crippen LogP contribution in [-0.2, 0) is 9.53 Å². The molecular weight excluding hydrogens is 164 g/mol. The zero-order valence-corrected chi connectivity index (χ0v) is 8.71. The second kappa shape index (κ2) is 5.38. The Morgan fingerprint density at radius 3 is 2.85 bits per heavy atom. The Bertz CT molecular complexity index is 165. The molecule has 1 fully saturated rings. The van der Waals surface area contributed by atoms with Crippen molar-refractivity contribution in [3.63, 3.8) is 0 Å². The third-order valence-electron chi connectivity index (χ3n) is 2.83. The summed E-state index contributed by atoms with van der Waals surface area (Å²) in [6, 6.07) is 0. The molecule has 0 saturated heterocycles. The first-order chi connectivity index (χ1) is 6.27. The van der Waals surface area contributed by atoms with Crippen molar-refractivity contribution in [3.05, 3.63) is 0 Å². The molecule has 0 bridgehead atoms. The average molecular weight is 184 g/mol. The Hall–Kier alpha value is -0.370. The second-order valence-corrected chi connectivity index (χ2v) is 3.80. The fourth-order valence-electron chi connectivity index (χ4n) is 2.18. The number of carbonyl (C=O) groups is 1. The van der Waals surface area contributed by atoms with E-state index >= 15 is 0 Å². The fraction of sp³-hybridized carbons (Fsp3) is 0.909. The van der Waals surface area contributed by atoms with Gasteiger partial charge in [-0.1, -0.05) is 6.92 Å². The summed E-state index contributed by atoms with van der Waals surface area (Å²) in [6.07, 6.45) is 5.12. The summed E-state index contributed by atoms with van der Waals surface area (Å²) < 4.78 is 5.63. The third-order valence-corrected chi connectivity index (χ3v) is 2.83. The van der Waals surface area contributed by atoms with Crippen molar-refractivity contribution in [1.29, 1.82) is 0 Å². The molecule has 1 saturated carbocycles. The number of ketones is 1. The van der Waals surface area contributed by atoms with E-state index in [4.69, 9.17) is 4.74 Å². The minimum Gasteiger partial charge on any atom is -0.378 e. The summed E-state index contributed by atoms with van der Waals surface area (Å²) >= 11 is 0. The zero-order chi connectivity index (χ0) is 9.68. The largest absolute Gasteiger partial charge is 0.378 e. The highest BCUT2D eigenvalue weighted by Crippen LogP contribution is 2.27. The lowest BCUT2D eigenvalue weighted by molar-refractivity contribution is -0.123. The Kier molecular flexibility index (Phi) is 4.43. The lowest BCUT2D eigenvalue weighted by atomic mass is 9.83. The van der Waals surface area contributed by atoms with Crippen LogP contribution in [0.4, 0.5) is 0 Å². The van der Waals surface area contributed by atoms with Crippen LogP contribution in [0.2, 0.25) is 0 Å². The maximum atomic E-state index is 11.2. The maximum absolute atomic E-state index is 11.2. The molecule has 0 aromatic rings. The van der Waals surface area contributed by atoms with Crippen molar-refractivity contribution in [2.24, 2.45) is 5.92 Å². The van der Waals surface area contributed by atoms with Gasteiger partial charge in [0.25, 0.3) is 0 Å². The van der Waals surface area contributed by atoms with E-state index in [0.717, 1.165) is 32.3 Å². The van der Waals surface area contributed by atoms with Gasteiger partial charge in [0, 0.05) is 19.4 Å². The van der Waals surface area contributed by atoms with E-state index in [1.165, 1.54) is 6.42 Å². The number of Topliss-reactive ketones (excluding diaryl/α,β-unsaturated/α-hetero) is 1. The van der Waals surface area contributed by atoms with Crippen molar-refractivity contribution in [3.8, 4) is 0 Å². The first kappa shape index (κ1) is 10.7. The van der Waals surface area contributed by atoms with E-state index in [-0.39, 0.29) is 0 Å². The number of hydrogen-bond donors (Lipinski definition) is 0. The molecule has 0 heterocycles. The van der Waals surface area contributed by atoms with Crippen LogP contribution in [0.3, 0.4) is 0 Å². The molecule has 1 aliphatic carbocycles. The van der Waals surface area contributed by atoms with Gasteiger partial charge >= 0.3 is 0 Å². The number of carbonyl (C=O) groups excluding carboxylic acids is 1. The maximum Gasteiger partial charge on any atom is 0.133 e. The molecule has 0 N–H and O–H groups in total.